The van der Waals surface area contributed by atoms with Gasteiger partial charge in [-0.15, -0.1) is 0 Å². The molecule has 20 heavy (non-hydrogen) atoms. The third-order valence-corrected chi connectivity index (χ3v) is 3.10. The monoisotopic (exact) mass is 270 g/mol. The van der Waals surface area contributed by atoms with Gasteiger partial charge < -0.3 is 5.11 Å². The van der Waals surface area contributed by atoms with Gasteiger partial charge in [0.05, 0.1) is 17.7 Å². The van der Waals surface area contributed by atoms with Gasteiger partial charge in [-0.3, -0.25) is 4.79 Å². The van der Waals surface area contributed by atoms with E-state index in [1.807, 2.05) is 6.92 Å². The van der Waals surface area contributed by atoms with Gasteiger partial charge in [0, 0.05) is 17.0 Å². The standard InChI is InChI=1S/C14H14N4O2/c1-8-4-5-11(7-15)14(16-8)18-10(3)12(6-13(19)20)9(2)17-18/h4-5H,6H2,1-3H3,(H,19,20). The number of hydrogen-bond donors (Lipinski definition) is 1. The van der Waals surface area contributed by atoms with Crippen LogP contribution in [0.2, 0.25) is 0 Å². The van der Waals surface area contributed by atoms with E-state index in [0.717, 1.165) is 5.69 Å². The van der Waals surface area contributed by atoms with Crippen LogP contribution in [-0.4, -0.2) is 25.8 Å². The lowest BCUT2D eigenvalue weighted by atomic mass is 10.1. The number of nitrogens with zero attached hydrogens (tertiary/aromatic N) is 4. The minimum atomic E-state index is -0.909. The molecule has 0 spiro atoms. The first kappa shape index (κ1) is 13.7. The number of hydrogen-bond acceptors (Lipinski definition) is 4. The molecular weight excluding hydrogens is 256 g/mol. The van der Waals surface area contributed by atoms with Gasteiger partial charge in [-0.2, -0.15) is 10.4 Å². The van der Waals surface area contributed by atoms with Gasteiger partial charge in [0.2, 0.25) is 0 Å². The predicted octanol–water partition coefficient (Wildman–Crippen LogP) is 1.69. The minimum Gasteiger partial charge on any atom is -0.481 e. The van der Waals surface area contributed by atoms with Crippen molar-refractivity contribution in [1.29, 1.82) is 5.26 Å². The van der Waals surface area contributed by atoms with E-state index in [-0.39, 0.29) is 6.42 Å². The molecule has 0 bridgehead atoms. The van der Waals surface area contributed by atoms with Crippen LogP contribution in [0.1, 0.15) is 28.2 Å². The Kier molecular flexibility index (Phi) is 3.53. The number of aryl methyl sites for hydroxylation is 2. The van der Waals surface area contributed by atoms with Crippen LogP contribution < -0.4 is 0 Å². The van der Waals surface area contributed by atoms with Crippen LogP contribution in [0.15, 0.2) is 12.1 Å². The topological polar surface area (TPSA) is 91.8 Å². The first-order chi connectivity index (χ1) is 9.43. The average Bonchev–Trinajstić information content (AvgIpc) is 2.66. The number of aromatic nitrogens is 3. The normalized spacial score (nSPS) is 10.3. The van der Waals surface area contributed by atoms with Crippen molar-refractivity contribution in [3.05, 3.63) is 40.3 Å². The molecule has 0 radical (unpaired) electrons. The Labute approximate surface area is 116 Å². The highest BCUT2D eigenvalue weighted by Gasteiger charge is 2.18. The van der Waals surface area contributed by atoms with Crippen molar-refractivity contribution in [1.82, 2.24) is 14.8 Å². The zero-order valence-corrected chi connectivity index (χ0v) is 11.5. The highest BCUT2D eigenvalue weighted by atomic mass is 16.4. The molecule has 0 saturated heterocycles. The fourth-order valence-electron chi connectivity index (χ4n) is 2.08. The molecule has 0 atom stereocenters. The number of rotatable bonds is 3. The van der Waals surface area contributed by atoms with Crippen LogP contribution in [0.25, 0.3) is 5.82 Å². The summed E-state index contributed by atoms with van der Waals surface area (Å²) in [6, 6.07) is 5.52. The van der Waals surface area contributed by atoms with Crippen molar-refractivity contribution in [2.24, 2.45) is 0 Å². The van der Waals surface area contributed by atoms with Crippen LogP contribution in [0.3, 0.4) is 0 Å². The molecule has 1 N–H and O–H groups in total. The van der Waals surface area contributed by atoms with Gasteiger partial charge >= 0.3 is 5.97 Å². The first-order valence-corrected chi connectivity index (χ1v) is 6.09. The van der Waals surface area contributed by atoms with E-state index in [4.69, 9.17) is 10.4 Å². The summed E-state index contributed by atoms with van der Waals surface area (Å²) in [5.41, 5.74) is 3.16. The van der Waals surface area contributed by atoms with Gasteiger partial charge in [0.15, 0.2) is 5.82 Å². The van der Waals surface area contributed by atoms with Gasteiger partial charge in [0.25, 0.3) is 0 Å². The highest BCUT2D eigenvalue weighted by molar-refractivity contribution is 5.71. The van der Waals surface area contributed by atoms with Crippen molar-refractivity contribution in [3.63, 3.8) is 0 Å². The van der Waals surface area contributed by atoms with Crippen molar-refractivity contribution in [2.45, 2.75) is 27.2 Å². The number of aliphatic carboxylic acids is 1. The Hall–Kier alpha value is -2.68. The Morgan fingerprint density at radius 3 is 2.70 bits per heavy atom. The molecule has 0 unspecified atom stereocenters. The number of carbonyl (C=O) groups is 1. The molecular formula is C14H14N4O2. The molecule has 2 rings (SSSR count). The number of nitriles is 1. The van der Waals surface area contributed by atoms with Gasteiger partial charge in [0.1, 0.15) is 6.07 Å². The molecule has 0 aliphatic heterocycles. The lowest BCUT2D eigenvalue weighted by molar-refractivity contribution is -0.136. The number of carboxylic acid groups (broad SMARTS) is 1. The fraction of sp³-hybridized carbons (Fsp3) is 0.286. The first-order valence-electron chi connectivity index (χ1n) is 6.09. The molecule has 0 aliphatic rings. The SMILES string of the molecule is Cc1ccc(C#N)c(-n2nc(C)c(CC(=O)O)c2C)n1. The molecule has 0 fully saturated rings. The van der Waals surface area contributed by atoms with E-state index < -0.39 is 5.97 Å². The third-order valence-electron chi connectivity index (χ3n) is 3.10. The minimum absolute atomic E-state index is 0.0919. The Bertz CT molecular complexity index is 726. The second-order valence-electron chi connectivity index (χ2n) is 4.57. The molecule has 102 valence electrons. The van der Waals surface area contributed by atoms with E-state index in [1.54, 1.807) is 30.7 Å². The van der Waals surface area contributed by atoms with E-state index in [2.05, 4.69) is 16.2 Å². The molecule has 2 aromatic rings. The molecule has 2 aromatic heterocycles. The molecule has 0 aliphatic carbocycles. The molecule has 6 nitrogen and oxygen atoms in total. The molecule has 0 saturated carbocycles. The maximum Gasteiger partial charge on any atom is 0.307 e. The maximum absolute atomic E-state index is 10.9. The summed E-state index contributed by atoms with van der Waals surface area (Å²) in [4.78, 5) is 15.2. The molecule has 2 heterocycles. The number of pyridine rings is 1. The zero-order chi connectivity index (χ0) is 14.9. The summed E-state index contributed by atoms with van der Waals surface area (Å²) in [6.07, 6.45) is -0.0919. The smallest absolute Gasteiger partial charge is 0.307 e. The Morgan fingerprint density at radius 1 is 1.40 bits per heavy atom. The van der Waals surface area contributed by atoms with E-state index >= 15 is 0 Å². The van der Waals surface area contributed by atoms with Gasteiger partial charge in [-0.25, -0.2) is 9.67 Å². The van der Waals surface area contributed by atoms with Crippen LogP contribution >= 0.6 is 0 Å². The fourth-order valence-corrected chi connectivity index (χ4v) is 2.08. The highest BCUT2D eigenvalue weighted by Crippen LogP contribution is 2.20. The summed E-state index contributed by atoms with van der Waals surface area (Å²) in [7, 11) is 0. The van der Waals surface area contributed by atoms with Gasteiger partial charge in [-0.1, -0.05) is 0 Å². The van der Waals surface area contributed by atoms with Crippen molar-refractivity contribution in [2.75, 3.05) is 0 Å². The Balaban J connectivity index is 2.63. The molecule has 6 heteroatoms. The van der Waals surface area contributed by atoms with E-state index in [0.29, 0.717) is 28.3 Å². The zero-order valence-electron chi connectivity index (χ0n) is 11.5. The molecule has 0 aromatic carbocycles. The predicted molar refractivity (Wildman–Crippen MR) is 71.6 cm³/mol. The van der Waals surface area contributed by atoms with Crippen LogP contribution in [0.4, 0.5) is 0 Å². The van der Waals surface area contributed by atoms with Crippen LogP contribution in [0, 0.1) is 32.1 Å². The summed E-state index contributed by atoms with van der Waals surface area (Å²) in [5, 5.41) is 22.4. The summed E-state index contributed by atoms with van der Waals surface area (Å²) in [5.74, 6) is -0.474. The molecule has 0 amide bonds. The van der Waals surface area contributed by atoms with E-state index in [9.17, 15) is 4.79 Å². The average molecular weight is 270 g/mol. The maximum atomic E-state index is 10.9. The lowest BCUT2D eigenvalue weighted by Gasteiger charge is -2.07. The van der Waals surface area contributed by atoms with Crippen molar-refractivity contribution < 1.29 is 9.90 Å². The lowest BCUT2D eigenvalue weighted by Crippen LogP contribution is -2.07. The largest absolute Gasteiger partial charge is 0.481 e. The quantitative estimate of drug-likeness (QED) is 0.916. The summed E-state index contributed by atoms with van der Waals surface area (Å²) >= 11 is 0. The van der Waals surface area contributed by atoms with Crippen LogP contribution in [0.5, 0.6) is 0 Å². The number of carboxylic acids is 1. The second-order valence-corrected chi connectivity index (χ2v) is 4.57. The van der Waals surface area contributed by atoms with E-state index in [1.165, 1.54) is 0 Å². The van der Waals surface area contributed by atoms with Crippen LogP contribution in [-0.2, 0) is 11.2 Å². The van der Waals surface area contributed by atoms with Crippen molar-refractivity contribution >= 4 is 5.97 Å². The summed E-state index contributed by atoms with van der Waals surface area (Å²) in [6.45, 7) is 5.36. The summed E-state index contributed by atoms with van der Waals surface area (Å²) < 4.78 is 1.54. The second kappa shape index (κ2) is 5.13. The third kappa shape index (κ3) is 2.38. The Morgan fingerprint density at radius 2 is 2.10 bits per heavy atom. The van der Waals surface area contributed by atoms with Gasteiger partial charge in [-0.05, 0) is 32.9 Å². The van der Waals surface area contributed by atoms with Crippen molar-refractivity contribution in [3.8, 4) is 11.9 Å².